The van der Waals surface area contributed by atoms with Gasteiger partial charge in [0.1, 0.15) is 0 Å². The van der Waals surface area contributed by atoms with Gasteiger partial charge in [-0.25, -0.2) is 0 Å². The fourth-order valence-corrected chi connectivity index (χ4v) is 5.10. The van der Waals surface area contributed by atoms with E-state index in [2.05, 4.69) is 37.5 Å². The highest BCUT2D eigenvalue weighted by atomic mass is 35.5. The number of unbranched alkanes of at least 4 members (excludes halogenated alkanes) is 2. The highest BCUT2D eigenvalue weighted by Gasteiger charge is 2.18. The Morgan fingerprint density at radius 3 is 2.52 bits per heavy atom. The summed E-state index contributed by atoms with van der Waals surface area (Å²) in [5.41, 5.74) is 0. The van der Waals surface area contributed by atoms with E-state index in [4.69, 9.17) is 11.6 Å². The largest absolute Gasteiger partial charge is 0.162 e. The summed E-state index contributed by atoms with van der Waals surface area (Å²) >= 11 is 8.37. The number of halogens is 1. The molecule has 0 nitrogen and oxygen atoms in total. The number of rotatable bonds is 11. The second-order valence-electron chi connectivity index (χ2n) is 7.12. The Kier molecular flexibility index (Phi) is 13.4. The summed E-state index contributed by atoms with van der Waals surface area (Å²) in [4.78, 5) is 0. The summed E-state index contributed by atoms with van der Waals surface area (Å²) in [5.74, 6) is 12.4. The van der Waals surface area contributed by atoms with Crippen molar-refractivity contribution < 1.29 is 0 Å². The van der Waals surface area contributed by atoms with Crippen LogP contribution in [-0.2, 0) is 0 Å². The topological polar surface area (TPSA) is 0 Å². The van der Waals surface area contributed by atoms with Crippen molar-refractivity contribution in [2.45, 2.75) is 84.5 Å². The van der Waals surface area contributed by atoms with Crippen molar-refractivity contribution in [1.82, 2.24) is 0 Å². The quantitative estimate of drug-likeness (QED) is 0.215. The van der Waals surface area contributed by atoms with Crippen LogP contribution >= 0.6 is 23.4 Å². The van der Waals surface area contributed by atoms with Crippen LogP contribution in [0.2, 0.25) is 0 Å². The normalized spacial score (nSPS) is 18.2. The average Bonchev–Trinajstić information content (AvgIpc) is 2.59. The van der Waals surface area contributed by atoms with Crippen molar-refractivity contribution in [2.75, 3.05) is 17.4 Å². The molecule has 1 saturated carbocycles. The molecule has 0 saturated heterocycles. The first-order valence-corrected chi connectivity index (χ1v) is 11.6. The molecule has 0 aromatic heterocycles. The van der Waals surface area contributed by atoms with Crippen molar-refractivity contribution >= 4 is 23.4 Å². The summed E-state index contributed by atoms with van der Waals surface area (Å²) in [7, 11) is 0. The van der Waals surface area contributed by atoms with E-state index in [1.54, 1.807) is 0 Å². The molecule has 1 unspecified atom stereocenters. The zero-order valence-electron chi connectivity index (χ0n) is 15.4. The first-order chi connectivity index (χ1) is 11.3. The fourth-order valence-electron chi connectivity index (χ4n) is 3.42. The summed E-state index contributed by atoms with van der Waals surface area (Å²) in [5, 5.41) is 0. The van der Waals surface area contributed by atoms with Crippen LogP contribution in [0.5, 0.6) is 0 Å². The zero-order valence-corrected chi connectivity index (χ0v) is 17.0. The lowest BCUT2D eigenvalue weighted by molar-refractivity contribution is 0.364. The predicted octanol–water partition coefficient (Wildman–Crippen LogP) is 7.15. The van der Waals surface area contributed by atoms with Gasteiger partial charge in [-0.2, -0.15) is 11.8 Å². The Morgan fingerprint density at radius 1 is 1.09 bits per heavy atom. The van der Waals surface area contributed by atoms with Gasteiger partial charge in [-0.05, 0) is 49.0 Å². The third-order valence-electron chi connectivity index (χ3n) is 4.99. The molecule has 1 rings (SSSR count). The van der Waals surface area contributed by atoms with Crippen LogP contribution in [0, 0.1) is 29.6 Å². The molecule has 1 aliphatic carbocycles. The van der Waals surface area contributed by atoms with Gasteiger partial charge < -0.3 is 0 Å². The Balaban J connectivity index is 2.39. The minimum Gasteiger partial charge on any atom is -0.162 e. The monoisotopic (exact) mass is 356 g/mol. The van der Waals surface area contributed by atoms with E-state index >= 15 is 0 Å². The van der Waals surface area contributed by atoms with E-state index in [0.29, 0.717) is 11.8 Å². The smallest absolute Gasteiger partial charge is 0.0271 e. The number of hydrogen-bond donors (Lipinski definition) is 0. The summed E-state index contributed by atoms with van der Waals surface area (Å²) < 4.78 is 0. The van der Waals surface area contributed by atoms with Crippen molar-refractivity contribution in [1.29, 1.82) is 0 Å². The van der Waals surface area contributed by atoms with Crippen molar-refractivity contribution in [3.8, 4) is 11.8 Å². The van der Waals surface area contributed by atoms with E-state index in [1.807, 2.05) is 0 Å². The van der Waals surface area contributed by atoms with Gasteiger partial charge >= 0.3 is 0 Å². The third-order valence-corrected chi connectivity index (χ3v) is 6.63. The highest BCUT2D eigenvalue weighted by molar-refractivity contribution is 7.99. The molecule has 0 aromatic rings. The molecule has 23 heavy (non-hydrogen) atoms. The van der Waals surface area contributed by atoms with Gasteiger partial charge in [-0.3, -0.25) is 0 Å². The Hall–Kier alpha value is 0.200. The molecule has 1 fully saturated rings. The van der Waals surface area contributed by atoms with E-state index in [1.165, 1.54) is 75.7 Å². The number of alkyl halides is 1. The molecule has 0 bridgehead atoms. The molecule has 134 valence electrons. The maximum atomic E-state index is 6.28. The van der Waals surface area contributed by atoms with Crippen LogP contribution in [0.25, 0.3) is 0 Å². The number of hydrogen-bond acceptors (Lipinski definition) is 1. The minimum atomic E-state index is 0.514. The molecule has 0 aliphatic heterocycles. The van der Waals surface area contributed by atoms with Crippen LogP contribution in [0.3, 0.4) is 0 Å². The Bertz CT molecular complexity index is 324. The van der Waals surface area contributed by atoms with Crippen LogP contribution in [0.4, 0.5) is 0 Å². The molecule has 2 heteroatoms. The summed E-state index contributed by atoms with van der Waals surface area (Å²) in [6, 6.07) is 0. The highest BCUT2D eigenvalue weighted by Crippen LogP contribution is 2.27. The average molecular weight is 357 g/mol. The van der Waals surface area contributed by atoms with Gasteiger partial charge in [0, 0.05) is 18.2 Å². The van der Waals surface area contributed by atoms with Gasteiger partial charge in [0.25, 0.3) is 0 Å². The molecule has 0 spiro atoms. The molecule has 0 radical (unpaired) electrons. The lowest BCUT2D eigenvalue weighted by atomic mass is 9.86. The Morgan fingerprint density at radius 2 is 1.87 bits per heavy atom. The molecule has 0 amide bonds. The predicted molar refractivity (Wildman–Crippen MR) is 108 cm³/mol. The maximum Gasteiger partial charge on any atom is 0.0271 e. The van der Waals surface area contributed by atoms with Gasteiger partial charge in [0.15, 0.2) is 0 Å². The summed E-state index contributed by atoms with van der Waals surface area (Å²) in [6.07, 6.45) is 14.7. The van der Waals surface area contributed by atoms with Gasteiger partial charge in [0.2, 0.25) is 0 Å². The zero-order chi connectivity index (χ0) is 16.8. The van der Waals surface area contributed by atoms with E-state index in [-0.39, 0.29) is 0 Å². The van der Waals surface area contributed by atoms with E-state index in [9.17, 15) is 0 Å². The second-order valence-corrected chi connectivity index (χ2v) is 8.58. The van der Waals surface area contributed by atoms with Crippen LogP contribution in [0.1, 0.15) is 84.5 Å². The van der Waals surface area contributed by atoms with Crippen molar-refractivity contribution in [2.24, 2.45) is 17.8 Å². The van der Waals surface area contributed by atoms with Gasteiger partial charge in [-0.15, -0.1) is 17.5 Å². The van der Waals surface area contributed by atoms with Gasteiger partial charge in [0.05, 0.1) is 0 Å². The number of thioether (sulfide) groups is 1. The molecule has 0 aromatic carbocycles. The van der Waals surface area contributed by atoms with Crippen LogP contribution in [-0.4, -0.2) is 17.4 Å². The fraction of sp³-hybridized carbons (Fsp3) is 0.905. The SMILES string of the molecule is CCCCCSC[C@@H](CCl)C(C#CCC1CCCCC1)CCC. The first-order valence-electron chi connectivity index (χ1n) is 9.93. The molecular formula is C21H37ClS. The molecule has 0 N–H and O–H groups in total. The minimum absolute atomic E-state index is 0.514. The van der Waals surface area contributed by atoms with Crippen LogP contribution in [0.15, 0.2) is 0 Å². The molecule has 2 atom stereocenters. The summed E-state index contributed by atoms with van der Waals surface area (Å²) in [6.45, 7) is 4.54. The van der Waals surface area contributed by atoms with E-state index in [0.717, 1.165) is 18.2 Å². The Labute approximate surface area is 154 Å². The van der Waals surface area contributed by atoms with E-state index < -0.39 is 0 Å². The second kappa shape index (κ2) is 14.5. The lowest BCUT2D eigenvalue weighted by Crippen LogP contribution is -2.18. The third kappa shape index (κ3) is 9.93. The van der Waals surface area contributed by atoms with Crippen molar-refractivity contribution in [3.05, 3.63) is 0 Å². The first kappa shape index (κ1) is 21.2. The molecule has 0 heterocycles. The van der Waals surface area contributed by atoms with Crippen molar-refractivity contribution in [3.63, 3.8) is 0 Å². The standard InChI is InChI=1S/C21H37ClS/c1-3-5-9-16-23-18-21(17-22)20(11-4-2)15-10-14-19-12-7-6-8-13-19/h19-21H,3-9,11-14,16-18H2,1-2H3/t20?,21-/m1/s1. The molecule has 1 aliphatic rings. The molecular weight excluding hydrogens is 320 g/mol. The lowest BCUT2D eigenvalue weighted by Gasteiger charge is -2.21. The maximum absolute atomic E-state index is 6.28. The van der Waals surface area contributed by atoms with Gasteiger partial charge in [-0.1, -0.05) is 58.3 Å². The van der Waals surface area contributed by atoms with Crippen LogP contribution < -0.4 is 0 Å².